The zero-order valence-electron chi connectivity index (χ0n) is 7.26. The number of hydrogen-bond acceptors (Lipinski definition) is 1. The van der Waals surface area contributed by atoms with Crippen LogP contribution in [-0.2, 0) is 5.67 Å². The fourth-order valence-corrected chi connectivity index (χ4v) is 1.78. The number of carboxylic acids is 1. The van der Waals surface area contributed by atoms with E-state index in [-0.39, 0.29) is 5.56 Å². The third kappa shape index (κ3) is 1.54. The van der Waals surface area contributed by atoms with Crippen molar-refractivity contribution in [3.8, 4) is 0 Å². The number of carbonyl (C=O) groups is 1. The van der Waals surface area contributed by atoms with Crippen molar-refractivity contribution < 1.29 is 14.3 Å². The van der Waals surface area contributed by atoms with Gasteiger partial charge in [0.05, 0.1) is 5.56 Å². The lowest BCUT2D eigenvalue weighted by Crippen LogP contribution is -2.03. The largest absolute Gasteiger partial charge is 0.478 e. The van der Waals surface area contributed by atoms with E-state index in [4.69, 9.17) is 5.11 Å². The Morgan fingerprint density at radius 1 is 1.50 bits per heavy atom. The third-order valence-electron chi connectivity index (χ3n) is 2.40. The number of benzene rings is 1. The molecule has 1 aliphatic rings. The second kappa shape index (κ2) is 3.05. The van der Waals surface area contributed by atoms with Gasteiger partial charge in [0.15, 0.2) is 0 Å². The summed E-state index contributed by atoms with van der Waals surface area (Å²) in [6, 6.07) is 4.61. The first-order chi connectivity index (χ1) is 6.53. The van der Waals surface area contributed by atoms with Crippen LogP contribution in [0.2, 0.25) is 0 Å². The molecule has 0 unspecified atom stereocenters. The molecule has 1 aliphatic carbocycles. The van der Waals surface area contributed by atoms with Gasteiger partial charge in [-0.1, -0.05) is 6.07 Å². The second-order valence-corrected chi connectivity index (χ2v) is 4.32. The van der Waals surface area contributed by atoms with Crippen molar-refractivity contribution in [1.29, 1.82) is 0 Å². The predicted molar refractivity (Wildman–Crippen MR) is 53.1 cm³/mol. The molecule has 1 saturated carbocycles. The van der Waals surface area contributed by atoms with Gasteiger partial charge in [0.2, 0.25) is 0 Å². The maximum absolute atomic E-state index is 13.6. The van der Waals surface area contributed by atoms with Gasteiger partial charge in [0.25, 0.3) is 0 Å². The third-order valence-corrected chi connectivity index (χ3v) is 3.09. The Morgan fingerprint density at radius 3 is 2.64 bits per heavy atom. The quantitative estimate of drug-likeness (QED) is 0.885. The molecule has 2 nitrogen and oxygen atoms in total. The maximum Gasteiger partial charge on any atom is 0.336 e. The summed E-state index contributed by atoms with van der Waals surface area (Å²) < 4.78 is 14.1. The van der Waals surface area contributed by atoms with Crippen LogP contribution in [0.3, 0.4) is 0 Å². The van der Waals surface area contributed by atoms with Gasteiger partial charge >= 0.3 is 5.97 Å². The van der Waals surface area contributed by atoms with Crippen molar-refractivity contribution in [2.24, 2.45) is 0 Å². The van der Waals surface area contributed by atoms with Crippen molar-refractivity contribution in [1.82, 2.24) is 0 Å². The summed E-state index contributed by atoms with van der Waals surface area (Å²) in [7, 11) is 0. The molecule has 1 N–H and O–H groups in total. The highest BCUT2D eigenvalue weighted by atomic mass is 79.9. The number of halogens is 2. The molecule has 14 heavy (non-hydrogen) atoms. The average Bonchev–Trinajstić information content (AvgIpc) is 2.85. The van der Waals surface area contributed by atoms with Crippen molar-refractivity contribution in [2.75, 3.05) is 0 Å². The van der Waals surface area contributed by atoms with Crippen LogP contribution >= 0.6 is 15.9 Å². The predicted octanol–water partition coefficient (Wildman–Crippen LogP) is 3.11. The molecular weight excluding hydrogens is 251 g/mol. The van der Waals surface area contributed by atoms with E-state index in [1.807, 2.05) is 0 Å². The SMILES string of the molecule is O=C(O)c1cc(C2(F)CC2)ccc1Br. The molecule has 0 atom stereocenters. The highest BCUT2D eigenvalue weighted by Gasteiger charge is 2.45. The van der Waals surface area contributed by atoms with Gasteiger partial charge in [0.1, 0.15) is 5.67 Å². The zero-order chi connectivity index (χ0) is 10.3. The normalized spacial score (nSPS) is 17.9. The molecule has 1 fully saturated rings. The van der Waals surface area contributed by atoms with Crippen molar-refractivity contribution >= 4 is 21.9 Å². The first-order valence-corrected chi connectivity index (χ1v) is 5.04. The van der Waals surface area contributed by atoms with Crippen LogP contribution in [0, 0.1) is 0 Å². The van der Waals surface area contributed by atoms with Crippen LogP contribution in [0.25, 0.3) is 0 Å². The van der Waals surface area contributed by atoms with E-state index in [9.17, 15) is 9.18 Å². The number of hydrogen-bond donors (Lipinski definition) is 1. The smallest absolute Gasteiger partial charge is 0.336 e. The van der Waals surface area contributed by atoms with E-state index in [0.29, 0.717) is 22.9 Å². The van der Waals surface area contributed by atoms with Gasteiger partial charge in [-0.05, 0) is 46.5 Å². The van der Waals surface area contributed by atoms with Gasteiger partial charge in [-0.15, -0.1) is 0 Å². The Morgan fingerprint density at radius 2 is 2.14 bits per heavy atom. The first kappa shape index (κ1) is 9.65. The van der Waals surface area contributed by atoms with E-state index in [0.717, 1.165) is 0 Å². The molecule has 74 valence electrons. The molecule has 0 aliphatic heterocycles. The zero-order valence-corrected chi connectivity index (χ0v) is 8.84. The van der Waals surface area contributed by atoms with E-state index in [1.165, 1.54) is 6.07 Å². The molecule has 1 aromatic carbocycles. The Hall–Kier alpha value is -0.900. The number of alkyl halides is 1. The summed E-state index contributed by atoms with van der Waals surface area (Å²) in [5.74, 6) is -1.04. The van der Waals surface area contributed by atoms with Gasteiger partial charge < -0.3 is 5.11 Å². The number of carboxylic acid groups (broad SMARTS) is 1. The van der Waals surface area contributed by atoms with Gasteiger partial charge in [0, 0.05) is 4.47 Å². The molecule has 1 aromatic rings. The summed E-state index contributed by atoms with van der Waals surface area (Å²) in [6.45, 7) is 0. The molecule has 4 heteroatoms. The minimum atomic E-state index is -1.27. The molecule has 0 heterocycles. The van der Waals surface area contributed by atoms with Crippen LogP contribution < -0.4 is 0 Å². The fraction of sp³-hybridized carbons (Fsp3) is 0.300. The van der Waals surface area contributed by atoms with E-state index >= 15 is 0 Å². The molecule has 0 aromatic heterocycles. The summed E-state index contributed by atoms with van der Waals surface area (Å²) in [5.41, 5.74) is -0.685. The van der Waals surface area contributed by atoms with E-state index in [1.54, 1.807) is 12.1 Å². The molecule has 0 radical (unpaired) electrons. The van der Waals surface area contributed by atoms with Crippen LogP contribution in [0.15, 0.2) is 22.7 Å². The Kier molecular flexibility index (Phi) is 2.10. The fourth-order valence-electron chi connectivity index (χ4n) is 1.37. The summed E-state index contributed by atoms with van der Waals surface area (Å²) >= 11 is 3.11. The molecule has 0 saturated heterocycles. The van der Waals surface area contributed by atoms with Gasteiger partial charge in [-0.2, -0.15) is 0 Å². The second-order valence-electron chi connectivity index (χ2n) is 3.47. The number of aromatic carboxylic acids is 1. The lowest BCUT2D eigenvalue weighted by atomic mass is 10.1. The molecule has 0 spiro atoms. The lowest BCUT2D eigenvalue weighted by Gasteiger charge is -2.07. The number of rotatable bonds is 2. The Bertz CT molecular complexity index is 399. The van der Waals surface area contributed by atoms with Crippen molar-refractivity contribution in [2.45, 2.75) is 18.5 Å². The van der Waals surface area contributed by atoms with Gasteiger partial charge in [-0.3, -0.25) is 0 Å². The monoisotopic (exact) mass is 258 g/mol. The molecule has 0 amide bonds. The summed E-state index contributed by atoms with van der Waals surface area (Å²) in [6.07, 6.45) is 0.987. The molecular formula is C10H8BrFO2. The van der Waals surface area contributed by atoms with E-state index < -0.39 is 11.6 Å². The summed E-state index contributed by atoms with van der Waals surface area (Å²) in [4.78, 5) is 10.8. The lowest BCUT2D eigenvalue weighted by molar-refractivity contribution is 0.0695. The standard InChI is InChI=1S/C10H8BrFO2/c11-8-2-1-6(10(12)3-4-10)5-7(8)9(13)14/h1-2,5H,3-4H2,(H,13,14). The molecule has 0 bridgehead atoms. The maximum atomic E-state index is 13.6. The summed E-state index contributed by atoms with van der Waals surface area (Å²) in [5, 5.41) is 8.82. The van der Waals surface area contributed by atoms with Gasteiger partial charge in [-0.25, -0.2) is 9.18 Å². The minimum Gasteiger partial charge on any atom is -0.478 e. The Balaban J connectivity index is 2.46. The highest BCUT2D eigenvalue weighted by molar-refractivity contribution is 9.10. The molecule has 2 rings (SSSR count). The minimum absolute atomic E-state index is 0.117. The van der Waals surface area contributed by atoms with Crippen molar-refractivity contribution in [3.63, 3.8) is 0 Å². The van der Waals surface area contributed by atoms with Crippen LogP contribution in [0.5, 0.6) is 0 Å². The average molecular weight is 259 g/mol. The highest BCUT2D eigenvalue weighted by Crippen LogP contribution is 2.49. The van der Waals surface area contributed by atoms with Crippen LogP contribution in [0.1, 0.15) is 28.8 Å². The van der Waals surface area contributed by atoms with Crippen molar-refractivity contribution in [3.05, 3.63) is 33.8 Å². The Labute approximate surface area is 88.9 Å². The topological polar surface area (TPSA) is 37.3 Å². The van der Waals surface area contributed by atoms with E-state index in [2.05, 4.69) is 15.9 Å². The first-order valence-electron chi connectivity index (χ1n) is 4.25. The van der Waals surface area contributed by atoms with Crippen LogP contribution in [-0.4, -0.2) is 11.1 Å². The van der Waals surface area contributed by atoms with Crippen LogP contribution in [0.4, 0.5) is 4.39 Å².